The smallest absolute Gasteiger partial charge is 0.168 e. The topological polar surface area (TPSA) is 3.88 Å². The molecular weight excluding hydrogens is 346 g/mol. The molecule has 0 aromatic carbocycles. The predicted octanol–water partition coefficient (Wildman–Crippen LogP) is 7.03. The normalized spacial score (nSPS) is 10.5. The molecule has 0 atom stereocenters. The highest BCUT2D eigenvalue weighted by Gasteiger charge is 1.98. The summed E-state index contributed by atoms with van der Waals surface area (Å²) in [6.45, 7) is 3.47. The summed E-state index contributed by atoms with van der Waals surface area (Å²) in [6.07, 6.45) is 24.4. The third-order valence-electron chi connectivity index (χ3n) is 4.55. The molecule has 0 amide bonds. The van der Waals surface area contributed by atoms with Gasteiger partial charge in [0.2, 0.25) is 0 Å². The standard InChI is InChI=1S/C21H38N.BrH/c1-2-3-4-5-6-7-8-9-10-11-12-13-14-16-19-22-20-17-15-18-21-22;/h15,17-18,20-21H,2-14,16,19H2,1H3;1H/q+1;. The van der Waals surface area contributed by atoms with E-state index in [2.05, 4.69) is 42.1 Å². The van der Waals surface area contributed by atoms with Gasteiger partial charge in [0.15, 0.2) is 12.4 Å². The first-order valence-corrected chi connectivity index (χ1v) is 9.87. The van der Waals surface area contributed by atoms with Crippen LogP contribution >= 0.6 is 17.0 Å². The first-order chi connectivity index (χ1) is 10.9. The van der Waals surface area contributed by atoms with Crippen molar-refractivity contribution in [2.24, 2.45) is 0 Å². The Balaban J connectivity index is 0.00000484. The van der Waals surface area contributed by atoms with E-state index in [0.717, 1.165) is 0 Å². The lowest BCUT2D eigenvalue weighted by molar-refractivity contribution is -0.697. The molecule has 1 nitrogen and oxygen atoms in total. The van der Waals surface area contributed by atoms with Crippen LogP contribution in [-0.2, 0) is 6.54 Å². The van der Waals surface area contributed by atoms with Crippen LogP contribution in [0.1, 0.15) is 96.8 Å². The van der Waals surface area contributed by atoms with Crippen molar-refractivity contribution in [3.63, 3.8) is 0 Å². The van der Waals surface area contributed by atoms with Gasteiger partial charge in [0.1, 0.15) is 6.54 Å². The number of pyridine rings is 1. The summed E-state index contributed by atoms with van der Waals surface area (Å²) in [5.41, 5.74) is 0. The van der Waals surface area contributed by atoms with E-state index in [4.69, 9.17) is 0 Å². The van der Waals surface area contributed by atoms with Gasteiger partial charge in [-0.1, -0.05) is 90.0 Å². The van der Waals surface area contributed by atoms with Gasteiger partial charge < -0.3 is 0 Å². The summed E-state index contributed by atoms with van der Waals surface area (Å²) in [5, 5.41) is 0. The molecule has 0 radical (unpaired) electrons. The van der Waals surface area contributed by atoms with Crippen molar-refractivity contribution in [3.8, 4) is 0 Å². The Labute approximate surface area is 155 Å². The molecular formula is C21H39BrN+. The van der Waals surface area contributed by atoms with Crippen LogP contribution in [0, 0.1) is 0 Å². The fourth-order valence-electron chi connectivity index (χ4n) is 3.07. The molecule has 2 heteroatoms. The zero-order valence-electron chi connectivity index (χ0n) is 15.3. The fourth-order valence-corrected chi connectivity index (χ4v) is 3.07. The average molecular weight is 385 g/mol. The summed E-state index contributed by atoms with van der Waals surface area (Å²) in [6, 6.07) is 6.31. The van der Waals surface area contributed by atoms with Gasteiger partial charge in [-0.3, -0.25) is 0 Å². The van der Waals surface area contributed by atoms with Crippen LogP contribution in [0.15, 0.2) is 30.6 Å². The average Bonchev–Trinajstić information content (AvgIpc) is 2.56. The minimum atomic E-state index is 0. The molecule has 0 spiro atoms. The number of aromatic nitrogens is 1. The molecule has 134 valence electrons. The molecule has 0 unspecified atom stereocenters. The molecule has 1 aromatic rings. The van der Waals surface area contributed by atoms with Gasteiger partial charge in [-0.05, 0) is 6.42 Å². The second kappa shape index (κ2) is 18.0. The Kier molecular flexibility index (Phi) is 17.7. The van der Waals surface area contributed by atoms with Gasteiger partial charge in [0.25, 0.3) is 0 Å². The van der Waals surface area contributed by atoms with Crippen LogP contribution in [0.2, 0.25) is 0 Å². The maximum Gasteiger partial charge on any atom is 0.168 e. The minimum absolute atomic E-state index is 0. The Bertz CT molecular complexity index is 326. The Morgan fingerprint density at radius 3 is 1.35 bits per heavy atom. The second-order valence-electron chi connectivity index (χ2n) is 6.71. The van der Waals surface area contributed by atoms with Crippen molar-refractivity contribution in [1.29, 1.82) is 0 Å². The third kappa shape index (κ3) is 14.9. The number of unbranched alkanes of at least 4 members (excludes halogenated alkanes) is 13. The number of nitrogens with zero attached hydrogens (tertiary/aromatic N) is 1. The van der Waals surface area contributed by atoms with Crippen LogP contribution < -0.4 is 4.57 Å². The van der Waals surface area contributed by atoms with Crippen molar-refractivity contribution in [1.82, 2.24) is 0 Å². The monoisotopic (exact) mass is 384 g/mol. The third-order valence-corrected chi connectivity index (χ3v) is 4.55. The van der Waals surface area contributed by atoms with Gasteiger partial charge in [-0.15, -0.1) is 17.0 Å². The fraction of sp³-hybridized carbons (Fsp3) is 0.762. The van der Waals surface area contributed by atoms with Crippen LogP contribution in [0.4, 0.5) is 0 Å². The SMILES string of the molecule is Br.CCCCCCCCCCCCCCCC[n+]1ccccc1. The molecule has 1 aromatic heterocycles. The number of rotatable bonds is 15. The van der Waals surface area contributed by atoms with Crippen molar-refractivity contribution >= 4 is 17.0 Å². The minimum Gasteiger partial charge on any atom is -0.205 e. The van der Waals surface area contributed by atoms with Crippen molar-refractivity contribution < 1.29 is 4.57 Å². The Hall–Kier alpha value is -0.370. The molecule has 0 N–H and O–H groups in total. The first kappa shape index (κ1) is 22.6. The van der Waals surface area contributed by atoms with E-state index < -0.39 is 0 Å². The highest BCUT2D eigenvalue weighted by molar-refractivity contribution is 8.93. The van der Waals surface area contributed by atoms with Crippen LogP contribution in [0.5, 0.6) is 0 Å². The summed E-state index contributed by atoms with van der Waals surface area (Å²) < 4.78 is 2.29. The highest BCUT2D eigenvalue weighted by Crippen LogP contribution is 2.12. The number of halogens is 1. The summed E-state index contributed by atoms with van der Waals surface area (Å²) >= 11 is 0. The lowest BCUT2D eigenvalue weighted by atomic mass is 10.0. The first-order valence-electron chi connectivity index (χ1n) is 9.87. The van der Waals surface area contributed by atoms with Gasteiger partial charge >= 0.3 is 0 Å². The maximum atomic E-state index is 2.29. The van der Waals surface area contributed by atoms with Gasteiger partial charge in [-0.25, -0.2) is 4.57 Å². The Morgan fingerprint density at radius 2 is 0.913 bits per heavy atom. The molecule has 0 aliphatic carbocycles. The molecule has 0 aliphatic heterocycles. The number of hydrogen-bond donors (Lipinski definition) is 0. The molecule has 0 bridgehead atoms. The van der Waals surface area contributed by atoms with Crippen molar-refractivity contribution in [3.05, 3.63) is 30.6 Å². The lowest BCUT2D eigenvalue weighted by Crippen LogP contribution is -2.32. The van der Waals surface area contributed by atoms with E-state index in [9.17, 15) is 0 Å². The summed E-state index contributed by atoms with van der Waals surface area (Å²) in [4.78, 5) is 0. The van der Waals surface area contributed by atoms with E-state index in [1.165, 1.54) is 96.4 Å². The molecule has 0 saturated heterocycles. The van der Waals surface area contributed by atoms with Crippen LogP contribution in [0.3, 0.4) is 0 Å². The lowest BCUT2D eigenvalue weighted by Gasteiger charge is -2.02. The number of aryl methyl sites for hydroxylation is 1. The highest BCUT2D eigenvalue weighted by atomic mass is 79.9. The zero-order chi connectivity index (χ0) is 15.7. The molecule has 1 rings (SSSR count). The van der Waals surface area contributed by atoms with Crippen LogP contribution in [0.25, 0.3) is 0 Å². The second-order valence-corrected chi connectivity index (χ2v) is 6.71. The van der Waals surface area contributed by atoms with E-state index >= 15 is 0 Å². The molecule has 1 heterocycles. The predicted molar refractivity (Wildman–Crippen MR) is 107 cm³/mol. The molecule has 0 saturated carbocycles. The molecule has 0 aliphatic rings. The number of hydrogen-bond acceptors (Lipinski definition) is 0. The van der Waals surface area contributed by atoms with Gasteiger partial charge in [-0.2, -0.15) is 0 Å². The van der Waals surface area contributed by atoms with E-state index in [0.29, 0.717) is 0 Å². The molecule has 0 fully saturated rings. The van der Waals surface area contributed by atoms with E-state index in [1.807, 2.05) is 0 Å². The summed E-state index contributed by atoms with van der Waals surface area (Å²) in [7, 11) is 0. The van der Waals surface area contributed by atoms with Gasteiger partial charge in [0.05, 0.1) is 0 Å². The Morgan fingerprint density at radius 1 is 0.522 bits per heavy atom. The van der Waals surface area contributed by atoms with Crippen LogP contribution in [-0.4, -0.2) is 0 Å². The zero-order valence-corrected chi connectivity index (χ0v) is 17.1. The van der Waals surface area contributed by atoms with E-state index in [1.54, 1.807) is 0 Å². The van der Waals surface area contributed by atoms with Gasteiger partial charge in [0, 0.05) is 18.6 Å². The van der Waals surface area contributed by atoms with E-state index in [-0.39, 0.29) is 17.0 Å². The maximum absolute atomic E-state index is 2.29. The quantitative estimate of drug-likeness (QED) is 0.225. The largest absolute Gasteiger partial charge is 0.205 e. The van der Waals surface area contributed by atoms with Crippen molar-refractivity contribution in [2.75, 3.05) is 0 Å². The summed E-state index contributed by atoms with van der Waals surface area (Å²) in [5.74, 6) is 0. The molecule has 23 heavy (non-hydrogen) atoms. The van der Waals surface area contributed by atoms with Crippen molar-refractivity contribution in [2.45, 2.75) is 103 Å².